The van der Waals surface area contributed by atoms with Crippen LogP contribution in [0.2, 0.25) is 0 Å². The second-order valence-corrected chi connectivity index (χ2v) is 2.85. The van der Waals surface area contributed by atoms with Crippen LogP contribution in [-0.4, -0.2) is 15.5 Å². The molecule has 5 heteroatoms. The highest BCUT2D eigenvalue weighted by atomic mass is 35.5. The summed E-state index contributed by atoms with van der Waals surface area (Å²) in [6, 6.07) is 3.43. The molecule has 0 saturated carbocycles. The van der Waals surface area contributed by atoms with Crippen LogP contribution in [0.3, 0.4) is 0 Å². The van der Waals surface area contributed by atoms with Crippen molar-refractivity contribution in [3.05, 3.63) is 24.5 Å². The largest absolute Gasteiger partial charge is 0.365 e. The Morgan fingerprint density at radius 1 is 1.36 bits per heavy atom. The summed E-state index contributed by atoms with van der Waals surface area (Å²) in [5, 5.41) is 0. The SMILES string of the molecule is O=C(On1cccc1)C(Cl)Cl. The lowest BCUT2D eigenvalue weighted by Crippen LogP contribution is -2.23. The lowest BCUT2D eigenvalue weighted by Gasteiger charge is -2.02. The molecular formula is C6H5Cl2NO2. The number of alkyl halides is 2. The van der Waals surface area contributed by atoms with Crippen LogP contribution in [-0.2, 0) is 4.79 Å². The zero-order valence-electron chi connectivity index (χ0n) is 5.41. The van der Waals surface area contributed by atoms with Gasteiger partial charge in [-0.3, -0.25) is 0 Å². The van der Waals surface area contributed by atoms with Crippen molar-refractivity contribution < 1.29 is 9.63 Å². The van der Waals surface area contributed by atoms with Crippen molar-refractivity contribution in [1.29, 1.82) is 0 Å². The van der Waals surface area contributed by atoms with Gasteiger partial charge in [-0.25, -0.2) is 4.79 Å². The molecule has 0 saturated heterocycles. The summed E-state index contributed by atoms with van der Waals surface area (Å²) in [6.45, 7) is 0. The molecule has 0 radical (unpaired) electrons. The van der Waals surface area contributed by atoms with Gasteiger partial charge in [-0.05, 0) is 12.1 Å². The van der Waals surface area contributed by atoms with Crippen LogP contribution >= 0.6 is 23.2 Å². The minimum atomic E-state index is -1.14. The van der Waals surface area contributed by atoms with Gasteiger partial charge in [0.15, 0.2) is 0 Å². The molecule has 60 valence electrons. The molecule has 1 aromatic heterocycles. The second kappa shape index (κ2) is 3.64. The number of hydrogen-bond donors (Lipinski definition) is 0. The van der Waals surface area contributed by atoms with Crippen LogP contribution in [0.4, 0.5) is 0 Å². The standard InChI is InChI=1S/C6H5Cl2NO2/c7-5(8)6(10)11-9-3-1-2-4-9/h1-5H. The Morgan fingerprint density at radius 3 is 2.36 bits per heavy atom. The Bertz CT molecular complexity index is 233. The molecule has 0 N–H and O–H groups in total. The fraction of sp³-hybridized carbons (Fsp3) is 0.167. The third kappa shape index (κ3) is 2.44. The first kappa shape index (κ1) is 8.43. The van der Waals surface area contributed by atoms with Crippen LogP contribution in [0.1, 0.15) is 0 Å². The lowest BCUT2D eigenvalue weighted by molar-refractivity contribution is -0.142. The Balaban J connectivity index is 2.50. The van der Waals surface area contributed by atoms with Crippen molar-refractivity contribution in [2.45, 2.75) is 4.84 Å². The highest BCUT2D eigenvalue weighted by molar-refractivity contribution is 6.52. The number of nitrogens with zero attached hydrogens (tertiary/aromatic N) is 1. The highest BCUT2D eigenvalue weighted by Gasteiger charge is 2.13. The van der Waals surface area contributed by atoms with Gasteiger partial charge in [0.2, 0.25) is 4.84 Å². The first-order chi connectivity index (χ1) is 5.20. The minimum absolute atomic E-state index is 0.690. The molecule has 0 amide bonds. The predicted octanol–water partition coefficient (Wildman–Crippen LogP) is 1.25. The summed E-state index contributed by atoms with van der Waals surface area (Å²) in [7, 11) is 0. The van der Waals surface area contributed by atoms with E-state index in [4.69, 9.17) is 23.2 Å². The van der Waals surface area contributed by atoms with Crippen LogP contribution in [0.25, 0.3) is 0 Å². The molecule has 0 fully saturated rings. The fourth-order valence-corrected chi connectivity index (χ4v) is 0.603. The lowest BCUT2D eigenvalue weighted by atomic mass is 10.7. The molecular weight excluding hydrogens is 189 g/mol. The van der Waals surface area contributed by atoms with Crippen molar-refractivity contribution in [1.82, 2.24) is 4.73 Å². The van der Waals surface area contributed by atoms with E-state index in [1.54, 1.807) is 24.5 Å². The summed E-state index contributed by atoms with van der Waals surface area (Å²) in [6.07, 6.45) is 3.13. The van der Waals surface area contributed by atoms with Gasteiger partial charge in [0.05, 0.1) is 0 Å². The van der Waals surface area contributed by atoms with Crippen molar-refractivity contribution in [3.8, 4) is 0 Å². The monoisotopic (exact) mass is 193 g/mol. The second-order valence-electron chi connectivity index (χ2n) is 1.75. The van der Waals surface area contributed by atoms with E-state index in [9.17, 15) is 4.79 Å². The van der Waals surface area contributed by atoms with Crippen LogP contribution in [0, 0.1) is 0 Å². The summed E-state index contributed by atoms with van der Waals surface area (Å²) < 4.78 is 1.22. The molecule has 0 unspecified atom stereocenters. The van der Waals surface area contributed by atoms with E-state index in [0.29, 0.717) is 0 Å². The summed E-state index contributed by atoms with van der Waals surface area (Å²) >= 11 is 10.4. The quantitative estimate of drug-likeness (QED) is 0.663. The van der Waals surface area contributed by atoms with Gasteiger partial charge in [-0.1, -0.05) is 23.2 Å². The highest BCUT2D eigenvalue weighted by Crippen LogP contribution is 2.01. The number of rotatable bonds is 2. The Labute approximate surface area is 73.4 Å². The van der Waals surface area contributed by atoms with Gasteiger partial charge in [0.1, 0.15) is 0 Å². The average Bonchev–Trinajstić information content (AvgIpc) is 2.39. The van der Waals surface area contributed by atoms with Crippen LogP contribution in [0.5, 0.6) is 0 Å². The maximum absolute atomic E-state index is 10.7. The fourth-order valence-electron chi connectivity index (χ4n) is 0.523. The minimum Gasteiger partial charge on any atom is -0.334 e. The number of hydrogen-bond acceptors (Lipinski definition) is 2. The molecule has 0 spiro atoms. The van der Waals surface area contributed by atoms with E-state index in [1.807, 2.05) is 0 Å². The van der Waals surface area contributed by atoms with E-state index in [0.717, 1.165) is 0 Å². The van der Waals surface area contributed by atoms with E-state index in [-0.39, 0.29) is 0 Å². The van der Waals surface area contributed by atoms with E-state index < -0.39 is 10.8 Å². The number of halogens is 2. The normalized spacial score (nSPS) is 10.1. The molecule has 1 rings (SSSR count). The molecule has 0 aliphatic carbocycles. The zero-order valence-corrected chi connectivity index (χ0v) is 6.92. The Hall–Kier alpha value is -0.670. The van der Waals surface area contributed by atoms with Gasteiger partial charge in [0, 0.05) is 12.4 Å². The average molecular weight is 194 g/mol. The van der Waals surface area contributed by atoms with Crippen LogP contribution in [0.15, 0.2) is 24.5 Å². The van der Waals surface area contributed by atoms with Gasteiger partial charge in [-0.15, -0.1) is 0 Å². The van der Waals surface area contributed by atoms with Gasteiger partial charge in [-0.2, -0.15) is 4.73 Å². The molecule has 11 heavy (non-hydrogen) atoms. The number of carbonyl (C=O) groups excluding carboxylic acids is 1. The topological polar surface area (TPSA) is 31.2 Å². The molecule has 0 aromatic carbocycles. The van der Waals surface area contributed by atoms with Crippen molar-refractivity contribution in [2.24, 2.45) is 0 Å². The molecule has 0 aliphatic heterocycles. The Morgan fingerprint density at radius 2 is 1.91 bits per heavy atom. The zero-order chi connectivity index (χ0) is 8.27. The number of carbonyl (C=O) groups is 1. The number of aromatic nitrogens is 1. The maximum atomic E-state index is 10.7. The third-order valence-corrected chi connectivity index (χ3v) is 1.31. The smallest absolute Gasteiger partial charge is 0.334 e. The van der Waals surface area contributed by atoms with Gasteiger partial charge in [0.25, 0.3) is 0 Å². The van der Waals surface area contributed by atoms with Crippen molar-refractivity contribution in [3.63, 3.8) is 0 Å². The van der Waals surface area contributed by atoms with E-state index >= 15 is 0 Å². The van der Waals surface area contributed by atoms with Gasteiger partial charge >= 0.3 is 5.97 Å². The van der Waals surface area contributed by atoms with Gasteiger partial charge < -0.3 is 4.84 Å². The summed E-state index contributed by atoms with van der Waals surface area (Å²) in [5.74, 6) is -0.690. The molecule has 1 aromatic rings. The Kier molecular flexibility index (Phi) is 2.79. The molecule has 0 atom stereocenters. The maximum Gasteiger partial charge on any atom is 0.365 e. The summed E-state index contributed by atoms with van der Waals surface area (Å²) in [5.41, 5.74) is 0. The van der Waals surface area contributed by atoms with Crippen molar-refractivity contribution >= 4 is 29.2 Å². The molecule has 3 nitrogen and oxygen atoms in total. The van der Waals surface area contributed by atoms with E-state index in [2.05, 4.69) is 4.84 Å². The predicted molar refractivity (Wildman–Crippen MR) is 41.5 cm³/mol. The first-order valence-corrected chi connectivity index (χ1v) is 3.71. The van der Waals surface area contributed by atoms with Crippen molar-refractivity contribution in [2.75, 3.05) is 0 Å². The molecule has 0 aliphatic rings. The van der Waals surface area contributed by atoms with E-state index in [1.165, 1.54) is 4.73 Å². The van der Waals surface area contributed by atoms with Crippen LogP contribution < -0.4 is 4.84 Å². The molecule has 1 heterocycles. The third-order valence-electron chi connectivity index (χ3n) is 0.951. The first-order valence-electron chi connectivity index (χ1n) is 2.83. The summed E-state index contributed by atoms with van der Waals surface area (Å²) in [4.78, 5) is 14.2. The molecule has 0 bridgehead atoms.